The van der Waals surface area contributed by atoms with Crippen molar-refractivity contribution in [3.8, 4) is 11.1 Å². The van der Waals surface area contributed by atoms with Crippen LogP contribution in [0.25, 0.3) is 22.0 Å². The van der Waals surface area contributed by atoms with E-state index >= 15 is 0 Å². The fourth-order valence-electron chi connectivity index (χ4n) is 3.70. The minimum Gasteiger partial charge on any atom is -0.354 e. The van der Waals surface area contributed by atoms with Crippen LogP contribution in [0.3, 0.4) is 0 Å². The molecule has 0 radical (unpaired) electrons. The van der Waals surface area contributed by atoms with E-state index in [1.54, 1.807) is 24.7 Å². The highest BCUT2D eigenvalue weighted by Gasteiger charge is 2.13. The van der Waals surface area contributed by atoms with Gasteiger partial charge in [-0.1, -0.05) is 48.5 Å². The van der Waals surface area contributed by atoms with Crippen molar-refractivity contribution < 1.29 is 4.79 Å². The zero-order valence-electron chi connectivity index (χ0n) is 17.2. The maximum atomic E-state index is 13.2. The van der Waals surface area contributed by atoms with E-state index in [1.807, 2.05) is 78.9 Å². The third-order valence-corrected chi connectivity index (χ3v) is 5.19. The summed E-state index contributed by atoms with van der Waals surface area (Å²) in [6.45, 7) is 0. The minimum atomic E-state index is -0.166. The van der Waals surface area contributed by atoms with Crippen molar-refractivity contribution in [3.05, 3.63) is 115 Å². The van der Waals surface area contributed by atoms with Gasteiger partial charge in [0.15, 0.2) is 0 Å². The van der Waals surface area contributed by atoms with Gasteiger partial charge in [0, 0.05) is 34.7 Å². The number of nitrogens with zero attached hydrogens (tertiary/aromatic N) is 2. The molecule has 0 aliphatic carbocycles. The van der Waals surface area contributed by atoms with E-state index in [0.717, 1.165) is 39.1 Å². The minimum absolute atomic E-state index is 0.166. The van der Waals surface area contributed by atoms with Crippen LogP contribution in [-0.4, -0.2) is 15.9 Å². The normalized spacial score (nSPS) is 10.6. The van der Waals surface area contributed by atoms with Crippen LogP contribution in [0.4, 0.5) is 17.1 Å². The standard InChI is InChI=1S/C27H20N4O/c32-27(24-14-16-29-25-12-3-2-11-23(24)25)31-26-13-4-1-10-22(26)19-7-5-8-20(17-19)30-21-9-6-15-28-18-21/h1-18,30H,(H,31,32). The summed E-state index contributed by atoms with van der Waals surface area (Å²) in [4.78, 5) is 21.7. The molecule has 3 aromatic carbocycles. The molecule has 5 rings (SSSR count). The molecular formula is C27H20N4O. The summed E-state index contributed by atoms with van der Waals surface area (Å²) in [6, 6.07) is 29.1. The van der Waals surface area contributed by atoms with Crippen molar-refractivity contribution in [1.29, 1.82) is 0 Å². The number of para-hydroxylation sites is 2. The molecule has 0 aliphatic heterocycles. The van der Waals surface area contributed by atoms with Gasteiger partial charge in [0.25, 0.3) is 5.91 Å². The third-order valence-electron chi connectivity index (χ3n) is 5.19. The van der Waals surface area contributed by atoms with Crippen LogP contribution in [0.2, 0.25) is 0 Å². The molecule has 0 unspecified atom stereocenters. The fraction of sp³-hybridized carbons (Fsp3) is 0. The number of carbonyl (C=O) groups is 1. The fourth-order valence-corrected chi connectivity index (χ4v) is 3.70. The summed E-state index contributed by atoms with van der Waals surface area (Å²) in [7, 11) is 0. The molecule has 5 aromatic rings. The Morgan fingerprint density at radius 3 is 2.50 bits per heavy atom. The lowest BCUT2D eigenvalue weighted by Gasteiger charge is -2.14. The first kappa shape index (κ1) is 19.5. The average molecular weight is 416 g/mol. The van der Waals surface area contributed by atoms with Crippen molar-refractivity contribution in [2.45, 2.75) is 0 Å². The lowest BCUT2D eigenvalue weighted by molar-refractivity contribution is 0.102. The second-order valence-corrected chi connectivity index (χ2v) is 7.32. The second-order valence-electron chi connectivity index (χ2n) is 7.32. The maximum absolute atomic E-state index is 13.2. The number of pyridine rings is 2. The summed E-state index contributed by atoms with van der Waals surface area (Å²) in [5, 5.41) is 7.28. The number of rotatable bonds is 5. The van der Waals surface area contributed by atoms with Gasteiger partial charge in [0.2, 0.25) is 0 Å². The van der Waals surface area contributed by atoms with Gasteiger partial charge < -0.3 is 10.6 Å². The van der Waals surface area contributed by atoms with Crippen molar-refractivity contribution in [2.24, 2.45) is 0 Å². The van der Waals surface area contributed by atoms with Crippen LogP contribution in [-0.2, 0) is 0 Å². The molecule has 0 fully saturated rings. The number of benzene rings is 3. The quantitative estimate of drug-likeness (QED) is 0.353. The molecule has 0 saturated heterocycles. The number of anilines is 3. The van der Waals surface area contributed by atoms with E-state index in [2.05, 4.69) is 26.7 Å². The Balaban J connectivity index is 1.46. The van der Waals surface area contributed by atoms with Gasteiger partial charge in [0.05, 0.1) is 23.0 Å². The van der Waals surface area contributed by atoms with E-state index in [1.165, 1.54) is 0 Å². The lowest BCUT2D eigenvalue weighted by Crippen LogP contribution is -2.13. The smallest absolute Gasteiger partial charge is 0.256 e. The predicted molar refractivity (Wildman–Crippen MR) is 129 cm³/mol. The number of nitrogens with one attached hydrogen (secondary N) is 2. The molecule has 2 heterocycles. The Hall–Kier alpha value is -4.51. The Morgan fingerprint density at radius 2 is 1.59 bits per heavy atom. The molecule has 0 atom stereocenters. The van der Waals surface area contributed by atoms with E-state index in [0.29, 0.717) is 5.56 Å². The summed E-state index contributed by atoms with van der Waals surface area (Å²) in [5.41, 5.74) is 5.92. The number of carbonyl (C=O) groups excluding carboxylic acids is 1. The average Bonchev–Trinajstić information content (AvgIpc) is 2.85. The van der Waals surface area contributed by atoms with Crippen molar-refractivity contribution in [3.63, 3.8) is 0 Å². The van der Waals surface area contributed by atoms with Crippen LogP contribution in [0.15, 0.2) is 110 Å². The molecule has 32 heavy (non-hydrogen) atoms. The molecule has 0 saturated carbocycles. The topological polar surface area (TPSA) is 66.9 Å². The summed E-state index contributed by atoms with van der Waals surface area (Å²) in [5.74, 6) is -0.166. The van der Waals surface area contributed by atoms with Crippen LogP contribution in [0, 0.1) is 0 Å². The van der Waals surface area contributed by atoms with Gasteiger partial charge in [-0.05, 0) is 48.0 Å². The highest BCUT2D eigenvalue weighted by atomic mass is 16.1. The molecule has 154 valence electrons. The molecule has 1 amide bonds. The highest BCUT2D eigenvalue weighted by Crippen LogP contribution is 2.31. The van der Waals surface area contributed by atoms with Crippen molar-refractivity contribution >= 4 is 33.9 Å². The zero-order valence-corrected chi connectivity index (χ0v) is 17.2. The summed E-state index contributed by atoms with van der Waals surface area (Å²) < 4.78 is 0. The first-order chi connectivity index (χ1) is 15.8. The monoisotopic (exact) mass is 416 g/mol. The molecule has 0 aliphatic rings. The Morgan fingerprint density at radius 1 is 0.750 bits per heavy atom. The van der Waals surface area contributed by atoms with Crippen LogP contribution in [0.5, 0.6) is 0 Å². The van der Waals surface area contributed by atoms with Gasteiger partial charge in [0.1, 0.15) is 0 Å². The molecule has 5 nitrogen and oxygen atoms in total. The van der Waals surface area contributed by atoms with E-state index in [-0.39, 0.29) is 5.91 Å². The van der Waals surface area contributed by atoms with Crippen LogP contribution >= 0.6 is 0 Å². The van der Waals surface area contributed by atoms with E-state index in [4.69, 9.17) is 0 Å². The van der Waals surface area contributed by atoms with Gasteiger partial charge in [-0.15, -0.1) is 0 Å². The molecular weight excluding hydrogens is 396 g/mol. The Bertz CT molecular complexity index is 1390. The first-order valence-corrected chi connectivity index (χ1v) is 10.3. The zero-order chi connectivity index (χ0) is 21.8. The van der Waals surface area contributed by atoms with Gasteiger partial charge in [-0.25, -0.2) is 0 Å². The molecule has 0 spiro atoms. The second kappa shape index (κ2) is 8.70. The Labute approximate surface area is 185 Å². The van der Waals surface area contributed by atoms with E-state index < -0.39 is 0 Å². The number of aromatic nitrogens is 2. The molecule has 2 aromatic heterocycles. The van der Waals surface area contributed by atoms with Crippen molar-refractivity contribution in [2.75, 3.05) is 10.6 Å². The summed E-state index contributed by atoms with van der Waals surface area (Å²) in [6.07, 6.45) is 5.18. The number of fused-ring (bicyclic) bond motifs is 1. The van der Waals surface area contributed by atoms with Gasteiger partial charge >= 0.3 is 0 Å². The number of hydrogen-bond acceptors (Lipinski definition) is 4. The van der Waals surface area contributed by atoms with Gasteiger partial charge in [-0.3, -0.25) is 14.8 Å². The van der Waals surface area contributed by atoms with E-state index in [9.17, 15) is 4.79 Å². The van der Waals surface area contributed by atoms with Crippen LogP contribution in [0.1, 0.15) is 10.4 Å². The number of amides is 1. The SMILES string of the molecule is O=C(Nc1ccccc1-c1cccc(Nc2cccnc2)c1)c1ccnc2ccccc12. The lowest BCUT2D eigenvalue weighted by atomic mass is 10.0. The highest BCUT2D eigenvalue weighted by molar-refractivity contribution is 6.13. The van der Waals surface area contributed by atoms with Crippen LogP contribution < -0.4 is 10.6 Å². The largest absolute Gasteiger partial charge is 0.354 e. The molecule has 0 bridgehead atoms. The molecule has 5 heteroatoms. The Kier molecular flexibility index (Phi) is 5.29. The molecule has 2 N–H and O–H groups in total. The number of hydrogen-bond donors (Lipinski definition) is 2. The summed E-state index contributed by atoms with van der Waals surface area (Å²) >= 11 is 0. The van der Waals surface area contributed by atoms with Gasteiger partial charge in [-0.2, -0.15) is 0 Å². The first-order valence-electron chi connectivity index (χ1n) is 10.3. The van der Waals surface area contributed by atoms with Crippen molar-refractivity contribution in [1.82, 2.24) is 9.97 Å². The third kappa shape index (κ3) is 4.04. The predicted octanol–water partition coefficient (Wildman–Crippen LogP) is 6.29. The maximum Gasteiger partial charge on any atom is 0.256 e.